The topological polar surface area (TPSA) is 47.6 Å². The van der Waals surface area contributed by atoms with Crippen LogP contribution >= 0.6 is 0 Å². The maximum absolute atomic E-state index is 11.7. The summed E-state index contributed by atoms with van der Waals surface area (Å²) in [6.45, 7) is 6.77. The van der Waals surface area contributed by atoms with Gasteiger partial charge in [-0.2, -0.15) is 0 Å². The van der Waals surface area contributed by atoms with E-state index < -0.39 is 6.04 Å². The van der Waals surface area contributed by atoms with Crippen LogP contribution in [0.2, 0.25) is 0 Å². The molecular weight excluding hydrogens is 242 g/mol. The van der Waals surface area contributed by atoms with Crippen molar-refractivity contribution in [3.8, 4) is 0 Å². The summed E-state index contributed by atoms with van der Waals surface area (Å²) >= 11 is 0. The lowest BCUT2D eigenvalue weighted by Gasteiger charge is -2.24. The molecule has 0 aliphatic heterocycles. The fourth-order valence-electron chi connectivity index (χ4n) is 1.52. The Kier molecular flexibility index (Phi) is 5.99. The Balaban J connectivity index is 2.53. The second-order valence-corrected chi connectivity index (χ2v) is 5.37. The molecule has 1 unspecified atom stereocenters. The molecule has 0 aliphatic carbocycles. The maximum atomic E-state index is 11.7. The third-order valence-corrected chi connectivity index (χ3v) is 2.56. The summed E-state index contributed by atoms with van der Waals surface area (Å²) in [6, 6.07) is 9.46. The monoisotopic (exact) mass is 265 g/mol. The van der Waals surface area contributed by atoms with Crippen LogP contribution in [0.5, 0.6) is 0 Å². The Hall–Kier alpha value is -1.39. The predicted molar refractivity (Wildman–Crippen MR) is 74.8 cm³/mol. The van der Waals surface area contributed by atoms with Gasteiger partial charge in [-0.05, 0) is 26.3 Å². The summed E-state index contributed by atoms with van der Waals surface area (Å²) < 4.78 is 10.4. The first-order chi connectivity index (χ1) is 8.92. The van der Waals surface area contributed by atoms with Crippen molar-refractivity contribution in [2.24, 2.45) is 0 Å². The molecule has 1 rings (SSSR count). The van der Waals surface area contributed by atoms with E-state index in [-0.39, 0.29) is 11.6 Å². The van der Waals surface area contributed by atoms with Gasteiger partial charge in [0.2, 0.25) is 0 Å². The van der Waals surface area contributed by atoms with Crippen molar-refractivity contribution in [2.45, 2.75) is 39.0 Å². The van der Waals surface area contributed by atoms with E-state index in [2.05, 4.69) is 5.32 Å². The second-order valence-electron chi connectivity index (χ2n) is 5.37. The van der Waals surface area contributed by atoms with Gasteiger partial charge in [0, 0.05) is 6.54 Å². The molecule has 0 bridgehead atoms. The number of methoxy groups -OCH3 is 1. The lowest BCUT2D eigenvalue weighted by molar-refractivity contribution is -0.146. The normalized spacial score (nSPS) is 13.1. The molecule has 0 fully saturated rings. The molecule has 0 saturated carbocycles. The van der Waals surface area contributed by atoms with Crippen molar-refractivity contribution in [2.75, 3.05) is 13.7 Å². The zero-order valence-corrected chi connectivity index (χ0v) is 12.1. The molecule has 0 heterocycles. The van der Waals surface area contributed by atoms with Crippen LogP contribution in [0.1, 0.15) is 26.3 Å². The first-order valence-electron chi connectivity index (χ1n) is 6.41. The van der Waals surface area contributed by atoms with Crippen LogP contribution in [0.4, 0.5) is 0 Å². The minimum Gasteiger partial charge on any atom is -0.468 e. The lowest BCUT2D eigenvalue weighted by atomic mass is 10.2. The molecule has 0 aromatic heterocycles. The van der Waals surface area contributed by atoms with Crippen molar-refractivity contribution in [1.29, 1.82) is 0 Å². The van der Waals surface area contributed by atoms with E-state index >= 15 is 0 Å². The second kappa shape index (κ2) is 7.26. The highest BCUT2D eigenvalue weighted by molar-refractivity contribution is 5.75. The zero-order valence-electron chi connectivity index (χ0n) is 12.1. The number of ether oxygens (including phenoxy) is 2. The fraction of sp³-hybridized carbons (Fsp3) is 0.533. The molecule has 4 heteroatoms. The molecule has 1 atom stereocenters. The SMILES string of the molecule is COC(=O)C(COC(C)(C)C)NCc1ccccc1. The molecule has 19 heavy (non-hydrogen) atoms. The smallest absolute Gasteiger partial charge is 0.325 e. The van der Waals surface area contributed by atoms with Crippen molar-refractivity contribution >= 4 is 5.97 Å². The fourth-order valence-corrected chi connectivity index (χ4v) is 1.52. The average molecular weight is 265 g/mol. The number of esters is 1. The molecule has 1 aromatic carbocycles. The highest BCUT2D eigenvalue weighted by atomic mass is 16.5. The Morgan fingerprint density at radius 2 is 1.89 bits per heavy atom. The first-order valence-corrected chi connectivity index (χ1v) is 6.41. The van der Waals surface area contributed by atoms with Gasteiger partial charge < -0.3 is 9.47 Å². The molecule has 0 amide bonds. The van der Waals surface area contributed by atoms with E-state index in [1.54, 1.807) is 0 Å². The van der Waals surface area contributed by atoms with Crippen LogP contribution < -0.4 is 5.32 Å². The van der Waals surface area contributed by atoms with E-state index in [4.69, 9.17) is 9.47 Å². The van der Waals surface area contributed by atoms with Crippen LogP contribution in [-0.4, -0.2) is 31.3 Å². The summed E-state index contributed by atoms with van der Waals surface area (Å²) in [5.41, 5.74) is 0.841. The van der Waals surface area contributed by atoms with Gasteiger partial charge in [0.15, 0.2) is 0 Å². The van der Waals surface area contributed by atoms with E-state index in [0.717, 1.165) is 5.56 Å². The Morgan fingerprint density at radius 3 is 2.42 bits per heavy atom. The standard InChI is InChI=1S/C15H23NO3/c1-15(2,3)19-11-13(14(17)18-4)16-10-12-8-6-5-7-9-12/h5-9,13,16H,10-11H2,1-4H3. The van der Waals surface area contributed by atoms with Gasteiger partial charge in [-0.15, -0.1) is 0 Å². The van der Waals surface area contributed by atoms with Crippen LogP contribution in [0.3, 0.4) is 0 Å². The van der Waals surface area contributed by atoms with Gasteiger partial charge in [0.1, 0.15) is 6.04 Å². The molecule has 0 saturated heterocycles. The largest absolute Gasteiger partial charge is 0.468 e. The van der Waals surface area contributed by atoms with Gasteiger partial charge in [-0.25, -0.2) is 0 Å². The summed E-state index contributed by atoms with van der Waals surface area (Å²) in [6.07, 6.45) is 0. The third-order valence-electron chi connectivity index (χ3n) is 2.56. The number of carbonyl (C=O) groups is 1. The minimum absolute atomic E-state index is 0.277. The Bertz CT molecular complexity index is 384. The van der Waals surface area contributed by atoms with Crippen molar-refractivity contribution in [3.63, 3.8) is 0 Å². The minimum atomic E-state index is -0.454. The molecule has 106 valence electrons. The van der Waals surface area contributed by atoms with Crippen molar-refractivity contribution in [1.82, 2.24) is 5.32 Å². The van der Waals surface area contributed by atoms with Crippen LogP contribution in [0.25, 0.3) is 0 Å². The highest BCUT2D eigenvalue weighted by Gasteiger charge is 2.22. The van der Waals surface area contributed by atoms with Gasteiger partial charge in [0.25, 0.3) is 0 Å². The van der Waals surface area contributed by atoms with Crippen molar-refractivity contribution in [3.05, 3.63) is 35.9 Å². The Labute approximate surface area is 115 Å². The number of carbonyl (C=O) groups excluding carboxylic acids is 1. The van der Waals surface area contributed by atoms with E-state index in [0.29, 0.717) is 13.2 Å². The van der Waals surface area contributed by atoms with Crippen LogP contribution in [-0.2, 0) is 20.8 Å². The van der Waals surface area contributed by atoms with Crippen LogP contribution in [0, 0.1) is 0 Å². The Morgan fingerprint density at radius 1 is 1.26 bits per heavy atom. The third kappa shape index (κ3) is 6.36. The predicted octanol–water partition coefficient (Wildman–Crippen LogP) is 2.13. The molecule has 1 N–H and O–H groups in total. The molecule has 0 spiro atoms. The van der Waals surface area contributed by atoms with Crippen LogP contribution in [0.15, 0.2) is 30.3 Å². The number of hydrogen-bond acceptors (Lipinski definition) is 4. The number of benzene rings is 1. The van der Waals surface area contributed by atoms with E-state index in [9.17, 15) is 4.79 Å². The molecule has 1 aromatic rings. The maximum Gasteiger partial charge on any atom is 0.325 e. The number of hydrogen-bond donors (Lipinski definition) is 1. The van der Waals surface area contributed by atoms with E-state index in [1.165, 1.54) is 7.11 Å². The highest BCUT2D eigenvalue weighted by Crippen LogP contribution is 2.08. The lowest BCUT2D eigenvalue weighted by Crippen LogP contribution is -2.42. The number of rotatable bonds is 6. The summed E-state index contributed by atoms with van der Waals surface area (Å²) in [4.78, 5) is 11.7. The zero-order chi connectivity index (χ0) is 14.3. The van der Waals surface area contributed by atoms with Gasteiger partial charge in [-0.1, -0.05) is 30.3 Å². The van der Waals surface area contributed by atoms with Gasteiger partial charge in [0.05, 0.1) is 19.3 Å². The summed E-state index contributed by atoms with van der Waals surface area (Å²) in [7, 11) is 1.39. The molecule has 0 aliphatic rings. The summed E-state index contributed by atoms with van der Waals surface area (Å²) in [5, 5.41) is 3.16. The van der Waals surface area contributed by atoms with E-state index in [1.807, 2.05) is 51.1 Å². The number of nitrogens with one attached hydrogen (secondary N) is 1. The van der Waals surface area contributed by atoms with Crippen molar-refractivity contribution < 1.29 is 14.3 Å². The quantitative estimate of drug-likeness (QED) is 0.801. The van der Waals surface area contributed by atoms with Gasteiger partial charge >= 0.3 is 5.97 Å². The molecular formula is C15H23NO3. The summed E-state index contributed by atoms with van der Waals surface area (Å²) in [5.74, 6) is -0.305. The average Bonchev–Trinajstić information content (AvgIpc) is 2.38. The molecule has 0 radical (unpaired) electrons. The van der Waals surface area contributed by atoms with Gasteiger partial charge in [-0.3, -0.25) is 10.1 Å². The molecule has 4 nitrogen and oxygen atoms in total. The first kappa shape index (κ1) is 15.7.